The fraction of sp³-hybridized carbons (Fsp3) is 0.294. The van der Waals surface area contributed by atoms with Gasteiger partial charge in [0, 0.05) is 0 Å². The van der Waals surface area contributed by atoms with Crippen LogP contribution in [0.2, 0.25) is 0 Å². The summed E-state index contributed by atoms with van der Waals surface area (Å²) in [6, 6.07) is 14.3. The lowest BCUT2D eigenvalue weighted by molar-refractivity contribution is 0.307. The van der Waals surface area contributed by atoms with Crippen molar-refractivity contribution in [1.29, 1.82) is 0 Å². The fourth-order valence-corrected chi connectivity index (χ4v) is 1.99. The van der Waals surface area contributed by atoms with Crippen LogP contribution >= 0.6 is 0 Å². The highest BCUT2D eigenvalue weighted by Crippen LogP contribution is 2.27. The maximum absolute atomic E-state index is 6.04. The van der Waals surface area contributed by atoms with Crippen LogP contribution in [0.1, 0.15) is 36.5 Å². The van der Waals surface area contributed by atoms with Crippen LogP contribution in [-0.4, -0.2) is 0 Å². The van der Waals surface area contributed by atoms with Gasteiger partial charge in [0.2, 0.25) is 0 Å². The van der Waals surface area contributed by atoms with E-state index in [4.69, 9.17) is 10.5 Å². The minimum atomic E-state index is 0.479. The van der Waals surface area contributed by atoms with E-state index in [1.807, 2.05) is 24.3 Å². The molecule has 0 aliphatic heterocycles. The SMILES string of the molecule is Cc1ccccc1COc1ccc(C(C)C)cc1N. The van der Waals surface area contributed by atoms with Gasteiger partial charge in [0.05, 0.1) is 5.69 Å². The lowest BCUT2D eigenvalue weighted by Gasteiger charge is -2.13. The number of nitrogen functional groups attached to an aromatic ring is 1. The van der Waals surface area contributed by atoms with E-state index < -0.39 is 0 Å². The Morgan fingerprint density at radius 3 is 2.47 bits per heavy atom. The second-order valence-corrected chi connectivity index (χ2v) is 5.17. The molecule has 0 fully saturated rings. The summed E-state index contributed by atoms with van der Waals surface area (Å²) in [5, 5.41) is 0. The van der Waals surface area contributed by atoms with Gasteiger partial charge in [-0.3, -0.25) is 0 Å². The predicted octanol–water partition coefficient (Wildman–Crippen LogP) is 4.28. The molecule has 2 heteroatoms. The van der Waals surface area contributed by atoms with E-state index in [0.717, 1.165) is 5.75 Å². The molecule has 2 nitrogen and oxygen atoms in total. The summed E-state index contributed by atoms with van der Waals surface area (Å²) in [6.07, 6.45) is 0. The van der Waals surface area contributed by atoms with Crippen LogP contribution in [0.3, 0.4) is 0 Å². The fourth-order valence-electron chi connectivity index (χ4n) is 1.99. The van der Waals surface area contributed by atoms with Crippen molar-refractivity contribution in [2.75, 3.05) is 5.73 Å². The molecular formula is C17H21NO. The van der Waals surface area contributed by atoms with E-state index in [1.165, 1.54) is 16.7 Å². The number of hydrogen-bond donors (Lipinski definition) is 1. The standard InChI is InChI=1S/C17H21NO/c1-12(2)14-8-9-17(16(18)10-14)19-11-15-7-5-4-6-13(15)3/h4-10,12H,11,18H2,1-3H3. The zero-order valence-corrected chi connectivity index (χ0v) is 11.8. The molecule has 0 amide bonds. The van der Waals surface area contributed by atoms with Crippen molar-refractivity contribution in [2.45, 2.75) is 33.3 Å². The van der Waals surface area contributed by atoms with Gasteiger partial charge >= 0.3 is 0 Å². The maximum atomic E-state index is 6.04. The van der Waals surface area contributed by atoms with Crippen molar-refractivity contribution >= 4 is 5.69 Å². The Bertz CT molecular complexity index is 561. The molecule has 0 aliphatic carbocycles. The van der Waals surface area contributed by atoms with Gasteiger partial charge in [-0.15, -0.1) is 0 Å². The van der Waals surface area contributed by atoms with Gasteiger partial charge in [0.1, 0.15) is 12.4 Å². The molecule has 0 saturated carbocycles. The highest BCUT2D eigenvalue weighted by molar-refractivity contribution is 5.54. The van der Waals surface area contributed by atoms with Gasteiger partial charge in [0.15, 0.2) is 0 Å². The van der Waals surface area contributed by atoms with Crippen LogP contribution in [0.25, 0.3) is 0 Å². The number of aryl methyl sites for hydroxylation is 1. The van der Waals surface area contributed by atoms with Gasteiger partial charge in [0.25, 0.3) is 0 Å². The van der Waals surface area contributed by atoms with Gasteiger partial charge in [-0.2, -0.15) is 0 Å². The lowest BCUT2D eigenvalue weighted by atomic mass is 10.0. The molecule has 0 atom stereocenters. The summed E-state index contributed by atoms with van der Waals surface area (Å²) in [6.45, 7) is 6.95. The number of ether oxygens (including phenoxy) is 1. The van der Waals surface area contributed by atoms with Crippen LogP contribution in [0, 0.1) is 6.92 Å². The van der Waals surface area contributed by atoms with E-state index >= 15 is 0 Å². The smallest absolute Gasteiger partial charge is 0.142 e. The number of nitrogens with two attached hydrogens (primary N) is 1. The van der Waals surface area contributed by atoms with Crippen molar-refractivity contribution < 1.29 is 4.74 Å². The third kappa shape index (κ3) is 3.28. The molecule has 2 aromatic carbocycles. The first-order chi connectivity index (χ1) is 9.08. The van der Waals surface area contributed by atoms with E-state index in [0.29, 0.717) is 18.2 Å². The Morgan fingerprint density at radius 1 is 1.11 bits per heavy atom. The number of benzene rings is 2. The normalized spacial score (nSPS) is 10.7. The van der Waals surface area contributed by atoms with Crippen LogP contribution in [-0.2, 0) is 6.61 Å². The Balaban J connectivity index is 2.10. The molecule has 2 N–H and O–H groups in total. The van der Waals surface area contributed by atoms with Gasteiger partial charge < -0.3 is 10.5 Å². The second-order valence-electron chi connectivity index (χ2n) is 5.17. The predicted molar refractivity (Wildman–Crippen MR) is 80.5 cm³/mol. The summed E-state index contributed by atoms with van der Waals surface area (Å²) >= 11 is 0. The number of rotatable bonds is 4. The Kier molecular flexibility index (Phi) is 4.10. The molecule has 0 unspecified atom stereocenters. The number of hydrogen-bond acceptors (Lipinski definition) is 2. The lowest BCUT2D eigenvalue weighted by Crippen LogP contribution is -2.01. The quantitative estimate of drug-likeness (QED) is 0.828. The first kappa shape index (κ1) is 13.5. The van der Waals surface area contributed by atoms with E-state index in [2.05, 4.69) is 39.0 Å². The third-order valence-electron chi connectivity index (χ3n) is 3.34. The summed E-state index contributed by atoms with van der Waals surface area (Å²) in [7, 11) is 0. The molecule has 0 spiro atoms. The zero-order valence-electron chi connectivity index (χ0n) is 11.8. The van der Waals surface area contributed by atoms with Crippen LogP contribution in [0.4, 0.5) is 5.69 Å². The van der Waals surface area contributed by atoms with Crippen molar-refractivity contribution in [2.24, 2.45) is 0 Å². The average molecular weight is 255 g/mol. The Hall–Kier alpha value is -1.96. The monoisotopic (exact) mass is 255 g/mol. The Labute approximate surface area is 115 Å². The van der Waals surface area contributed by atoms with Gasteiger partial charge in [-0.1, -0.05) is 44.2 Å². The summed E-state index contributed by atoms with van der Waals surface area (Å²) in [5.74, 6) is 1.24. The van der Waals surface area contributed by atoms with Crippen molar-refractivity contribution in [1.82, 2.24) is 0 Å². The summed E-state index contributed by atoms with van der Waals surface area (Å²) < 4.78 is 5.81. The molecule has 0 aliphatic rings. The van der Waals surface area contributed by atoms with Crippen molar-refractivity contribution in [3.8, 4) is 5.75 Å². The zero-order chi connectivity index (χ0) is 13.8. The molecule has 19 heavy (non-hydrogen) atoms. The van der Waals surface area contributed by atoms with Crippen molar-refractivity contribution in [3.63, 3.8) is 0 Å². The first-order valence-corrected chi connectivity index (χ1v) is 6.64. The molecule has 0 saturated heterocycles. The minimum absolute atomic E-state index is 0.479. The van der Waals surface area contributed by atoms with Crippen LogP contribution in [0.5, 0.6) is 5.75 Å². The maximum Gasteiger partial charge on any atom is 0.142 e. The molecule has 0 bridgehead atoms. The highest BCUT2D eigenvalue weighted by atomic mass is 16.5. The molecule has 2 rings (SSSR count). The average Bonchev–Trinajstić information content (AvgIpc) is 2.39. The molecule has 2 aromatic rings. The summed E-state index contributed by atoms with van der Waals surface area (Å²) in [5.41, 5.74) is 10.4. The molecular weight excluding hydrogens is 234 g/mol. The van der Waals surface area contributed by atoms with E-state index in [-0.39, 0.29) is 0 Å². The van der Waals surface area contributed by atoms with E-state index in [9.17, 15) is 0 Å². The second kappa shape index (κ2) is 5.79. The molecule has 0 radical (unpaired) electrons. The molecule has 100 valence electrons. The molecule has 0 aromatic heterocycles. The van der Waals surface area contributed by atoms with Gasteiger partial charge in [-0.25, -0.2) is 0 Å². The first-order valence-electron chi connectivity index (χ1n) is 6.64. The topological polar surface area (TPSA) is 35.2 Å². The summed E-state index contributed by atoms with van der Waals surface area (Å²) in [4.78, 5) is 0. The minimum Gasteiger partial charge on any atom is -0.487 e. The van der Waals surface area contributed by atoms with Crippen LogP contribution in [0.15, 0.2) is 42.5 Å². The molecule has 0 heterocycles. The van der Waals surface area contributed by atoms with Crippen molar-refractivity contribution in [3.05, 3.63) is 59.2 Å². The largest absolute Gasteiger partial charge is 0.487 e. The van der Waals surface area contributed by atoms with E-state index in [1.54, 1.807) is 0 Å². The van der Waals surface area contributed by atoms with Gasteiger partial charge in [-0.05, 0) is 41.7 Å². The Morgan fingerprint density at radius 2 is 1.84 bits per heavy atom. The third-order valence-corrected chi connectivity index (χ3v) is 3.34. The highest BCUT2D eigenvalue weighted by Gasteiger charge is 2.05. The van der Waals surface area contributed by atoms with Crippen LogP contribution < -0.4 is 10.5 Å². The number of anilines is 1.